The van der Waals surface area contributed by atoms with Crippen molar-refractivity contribution in [3.05, 3.63) is 241 Å². The smallest absolute Gasteiger partial charge is 0.0998 e. The lowest BCUT2D eigenvalue weighted by Crippen LogP contribution is -2.31. The molecule has 0 aliphatic rings. The van der Waals surface area contributed by atoms with E-state index < -0.39 is 5.54 Å². The molecule has 5 nitrogen and oxygen atoms in total. The van der Waals surface area contributed by atoms with Crippen LogP contribution in [0.1, 0.15) is 30.5 Å². The number of fused-ring (bicyclic) bond motifs is 17. The molecule has 364 valence electrons. The third-order valence-electron chi connectivity index (χ3n) is 16.5. The van der Waals surface area contributed by atoms with Crippen LogP contribution in [0.5, 0.6) is 0 Å². The highest BCUT2D eigenvalue weighted by Gasteiger charge is 2.39. The van der Waals surface area contributed by atoms with Crippen molar-refractivity contribution in [2.75, 3.05) is 0 Å². The maximum absolute atomic E-state index is 11.3. The molecule has 16 aromatic rings. The van der Waals surface area contributed by atoms with E-state index in [1.54, 1.807) is 0 Å². The van der Waals surface area contributed by atoms with E-state index in [9.17, 15) is 10.5 Å². The quantitative estimate of drug-likeness (QED) is 0.167. The molecule has 5 aromatic heterocycles. The predicted molar refractivity (Wildman–Crippen MR) is 329 cm³/mol. The molecule has 0 bridgehead atoms. The van der Waals surface area contributed by atoms with Crippen LogP contribution in [0.2, 0.25) is 0 Å². The number of para-hydroxylation sites is 4. The molecular weight excluding hydrogens is 987 g/mol. The molecule has 11 aromatic carbocycles. The molecule has 0 fully saturated rings. The minimum atomic E-state index is -0.918. The van der Waals surface area contributed by atoms with Gasteiger partial charge < -0.3 is 13.7 Å². The van der Waals surface area contributed by atoms with Gasteiger partial charge in [-0.3, -0.25) is 0 Å². The average Bonchev–Trinajstić information content (AvgIpc) is 3.33. The number of hydrogen-bond acceptors (Lipinski definition) is 4. The van der Waals surface area contributed by atoms with E-state index in [2.05, 4.69) is 240 Å². The number of thiophene rings is 2. The Labute approximate surface area is 456 Å². The van der Waals surface area contributed by atoms with E-state index in [0.29, 0.717) is 11.1 Å². The van der Waals surface area contributed by atoms with Crippen molar-refractivity contribution in [3.63, 3.8) is 0 Å². The fourth-order valence-electron chi connectivity index (χ4n) is 13.3. The molecular formula is C71H43N5S2. The Morgan fingerprint density at radius 3 is 1.13 bits per heavy atom. The zero-order chi connectivity index (χ0) is 52.0. The summed E-state index contributed by atoms with van der Waals surface area (Å²) in [7, 11) is 0. The van der Waals surface area contributed by atoms with Gasteiger partial charge in [0.05, 0.1) is 71.6 Å². The van der Waals surface area contributed by atoms with Crippen LogP contribution in [0.4, 0.5) is 0 Å². The number of rotatable bonds is 6. The third kappa shape index (κ3) is 6.03. The first-order chi connectivity index (χ1) is 38.4. The average molecular weight is 1030 g/mol. The maximum atomic E-state index is 11.3. The molecule has 0 unspecified atom stereocenters. The zero-order valence-electron chi connectivity index (χ0n) is 42.4. The topological polar surface area (TPSA) is 62.4 Å². The highest BCUT2D eigenvalue weighted by atomic mass is 32.1. The molecule has 7 heteroatoms. The van der Waals surface area contributed by atoms with Crippen molar-refractivity contribution >= 4 is 128 Å². The number of nitriles is 2. The van der Waals surface area contributed by atoms with Gasteiger partial charge in [0.1, 0.15) is 0 Å². The molecule has 5 heterocycles. The largest absolute Gasteiger partial charge is 0.330 e. The second-order valence-electron chi connectivity index (χ2n) is 20.9. The van der Waals surface area contributed by atoms with Crippen molar-refractivity contribution in [1.82, 2.24) is 13.7 Å². The van der Waals surface area contributed by atoms with Crippen molar-refractivity contribution in [3.8, 4) is 45.8 Å². The fourth-order valence-corrected chi connectivity index (χ4v) is 15.8. The lowest BCUT2D eigenvalue weighted by Gasteiger charge is -2.37. The summed E-state index contributed by atoms with van der Waals surface area (Å²) in [4.78, 5) is 0. The van der Waals surface area contributed by atoms with Crippen LogP contribution in [0, 0.1) is 22.7 Å². The lowest BCUT2D eigenvalue weighted by molar-refractivity contribution is 0.462. The van der Waals surface area contributed by atoms with E-state index in [0.717, 1.165) is 105 Å². The fraction of sp³-hybridized carbons (Fsp3) is 0.0423. The van der Waals surface area contributed by atoms with Crippen LogP contribution in [0.15, 0.2) is 224 Å². The van der Waals surface area contributed by atoms with Crippen LogP contribution in [-0.2, 0) is 5.54 Å². The summed E-state index contributed by atoms with van der Waals surface area (Å²) >= 11 is 3.67. The lowest BCUT2D eigenvalue weighted by atomic mass is 9.81. The van der Waals surface area contributed by atoms with Crippen molar-refractivity contribution in [2.45, 2.75) is 19.4 Å². The summed E-state index contributed by atoms with van der Waals surface area (Å²) in [5.74, 6) is 0. The summed E-state index contributed by atoms with van der Waals surface area (Å²) in [5, 5.41) is 34.4. The number of aromatic nitrogens is 3. The summed E-state index contributed by atoms with van der Waals surface area (Å²) in [5.41, 5.74) is 13.1. The molecule has 78 heavy (non-hydrogen) atoms. The first-order valence-corrected chi connectivity index (χ1v) is 27.9. The standard InChI is InChI=1S/C71H43N5S2/c1-71(2,76-60-31-15-9-23-46(60)47-24-10-16-32-61(47)76)64-65(74-58-29-13-7-25-48(58)52-35-37-54-50-27-11-17-33-62(50)77-69(54)67(52)74)56(44-21-5-3-19-42(44)40-72)39-57(45-22-6-4-20-43(45)41-73)66(64)75-59-30-14-8-26-49(59)53-36-38-55-51-28-12-18-34-63(51)78-70(55)68(53)75/h3-39H,1-2H3. The Bertz CT molecular complexity index is 5030. The van der Waals surface area contributed by atoms with Gasteiger partial charge in [-0.1, -0.05) is 170 Å². The molecule has 0 N–H and O–H groups in total. The minimum absolute atomic E-state index is 0.559. The molecule has 0 saturated carbocycles. The molecule has 0 aliphatic carbocycles. The predicted octanol–water partition coefficient (Wildman–Crippen LogP) is 19.6. The van der Waals surface area contributed by atoms with Crippen molar-refractivity contribution in [1.29, 1.82) is 10.5 Å². The van der Waals surface area contributed by atoms with Crippen molar-refractivity contribution in [2.24, 2.45) is 0 Å². The molecule has 0 saturated heterocycles. The highest BCUT2D eigenvalue weighted by Crippen LogP contribution is 2.54. The highest BCUT2D eigenvalue weighted by molar-refractivity contribution is 7.27. The van der Waals surface area contributed by atoms with Gasteiger partial charge >= 0.3 is 0 Å². The Morgan fingerprint density at radius 2 is 0.692 bits per heavy atom. The Kier molecular flexibility index (Phi) is 9.49. The van der Waals surface area contributed by atoms with E-state index in [1.807, 2.05) is 46.9 Å². The summed E-state index contributed by atoms with van der Waals surface area (Å²) in [6.07, 6.45) is 0. The van der Waals surface area contributed by atoms with Gasteiger partial charge in [-0.25, -0.2) is 0 Å². The van der Waals surface area contributed by atoms with E-state index in [-0.39, 0.29) is 0 Å². The summed E-state index contributed by atoms with van der Waals surface area (Å²) in [6, 6.07) is 85.8. The van der Waals surface area contributed by atoms with E-state index >= 15 is 0 Å². The SMILES string of the molecule is CC(C)(c1c(-n2c3ccccc3c3ccc4c5ccccc5sc4c32)c(-c2ccccc2C#N)cc(-c2ccccc2C#N)c1-n1c2ccccc2c2ccc3c4ccccc4sc3c21)n1c2ccccc2c2ccccc21. The monoisotopic (exact) mass is 1030 g/mol. The Balaban J connectivity index is 1.25. The number of benzene rings is 11. The van der Waals surface area contributed by atoms with Crippen LogP contribution in [-0.4, -0.2) is 13.7 Å². The molecule has 0 aliphatic heterocycles. The molecule has 0 radical (unpaired) electrons. The molecule has 0 atom stereocenters. The van der Waals surface area contributed by atoms with Gasteiger partial charge in [0.2, 0.25) is 0 Å². The van der Waals surface area contributed by atoms with Gasteiger partial charge in [0.25, 0.3) is 0 Å². The Morgan fingerprint density at radius 1 is 0.346 bits per heavy atom. The second kappa shape index (κ2) is 16.6. The summed E-state index contributed by atoms with van der Waals surface area (Å²) in [6.45, 7) is 4.78. The molecule has 16 rings (SSSR count). The van der Waals surface area contributed by atoms with Crippen molar-refractivity contribution < 1.29 is 0 Å². The van der Waals surface area contributed by atoms with E-state index in [1.165, 1.54) is 40.3 Å². The first-order valence-electron chi connectivity index (χ1n) is 26.3. The van der Waals surface area contributed by atoms with Crippen LogP contribution in [0.25, 0.3) is 139 Å². The normalized spacial score (nSPS) is 12.2. The first kappa shape index (κ1) is 44.5. The third-order valence-corrected chi connectivity index (χ3v) is 18.9. The minimum Gasteiger partial charge on any atom is -0.330 e. The van der Waals surface area contributed by atoms with E-state index in [4.69, 9.17) is 0 Å². The van der Waals surface area contributed by atoms with Gasteiger partial charge in [-0.05, 0) is 68.4 Å². The zero-order valence-corrected chi connectivity index (χ0v) is 44.0. The van der Waals surface area contributed by atoms with Gasteiger partial charge in [-0.2, -0.15) is 10.5 Å². The number of nitrogens with zero attached hydrogens (tertiary/aromatic N) is 5. The van der Waals surface area contributed by atoms with Crippen LogP contribution >= 0.6 is 22.7 Å². The van der Waals surface area contributed by atoms with Crippen LogP contribution in [0.3, 0.4) is 0 Å². The molecule has 0 amide bonds. The van der Waals surface area contributed by atoms with Gasteiger partial charge in [-0.15, -0.1) is 22.7 Å². The molecule has 0 spiro atoms. The van der Waals surface area contributed by atoms with Gasteiger partial charge in [0.15, 0.2) is 0 Å². The van der Waals surface area contributed by atoms with Gasteiger partial charge in [0, 0.05) is 102 Å². The number of hydrogen-bond donors (Lipinski definition) is 0. The second-order valence-corrected chi connectivity index (χ2v) is 23.0. The van der Waals surface area contributed by atoms with Crippen LogP contribution < -0.4 is 0 Å². The Hall–Kier alpha value is -9.76. The maximum Gasteiger partial charge on any atom is 0.0998 e. The summed E-state index contributed by atoms with van der Waals surface area (Å²) < 4.78 is 12.5.